The molecule has 1 aliphatic rings. The first-order valence-electron chi connectivity index (χ1n) is 10.5. The van der Waals surface area contributed by atoms with Crippen LogP contribution in [0.4, 0.5) is 0 Å². The molecular weight excluding hydrogens is 410 g/mol. The zero-order chi connectivity index (χ0) is 22.8. The van der Waals surface area contributed by atoms with Crippen molar-refractivity contribution in [2.45, 2.75) is 58.7 Å². The summed E-state index contributed by atoms with van der Waals surface area (Å²) in [6.45, 7) is 12.0. The number of amides is 2. The molecule has 0 radical (unpaired) electrons. The number of hydrogen-bond donors (Lipinski definition) is 2. The number of β-amino-alcohol motifs (C(OH)–C–C–N with tert-alkyl or cyclic N) is 1. The number of aliphatic hydroxyl groups is 1. The number of aromatic nitrogens is 1. The molecule has 0 saturated carbocycles. The minimum Gasteiger partial charge on any atom is -0.391 e. The van der Waals surface area contributed by atoms with E-state index in [0.29, 0.717) is 6.42 Å². The Balaban J connectivity index is 1.72. The number of carbonyl (C=O) groups is 2. The van der Waals surface area contributed by atoms with E-state index >= 15 is 0 Å². The number of likely N-dealkylation sites (tertiary alicyclic amines) is 1. The van der Waals surface area contributed by atoms with Crippen LogP contribution in [0.15, 0.2) is 42.4 Å². The van der Waals surface area contributed by atoms with E-state index in [0.717, 1.165) is 21.7 Å². The van der Waals surface area contributed by atoms with Crippen molar-refractivity contribution in [1.82, 2.24) is 15.2 Å². The second kappa shape index (κ2) is 9.32. The molecule has 0 unspecified atom stereocenters. The minimum atomic E-state index is -0.691. The highest BCUT2D eigenvalue weighted by Crippen LogP contribution is 2.29. The van der Waals surface area contributed by atoms with Gasteiger partial charge in [-0.15, -0.1) is 17.9 Å². The number of rotatable bonds is 6. The van der Waals surface area contributed by atoms with Crippen LogP contribution >= 0.6 is 11.3 Å². The summed E-state index contributed by atoms with van der Waals surface area (Å²) in [7, 11) is 0. The van der Waals surface area contributed by atoms with Gasteiger partial charge in [-0.1, -0.05) is 51.1 Å². The molecule has 1 aromatic heterocycles. The number of aliphatic hydroxyl groups excluding tert-OH is 1. The van der Waals surface area contributed by atoms with Crippen LogP contribution in [0.25, 0.3) is 10.4 Å². The van der Waals surface area contributed by atoms with Crippen LogP contribution < -0.4 is 5.32 Å². The molecule has 166 valence electrons. The molecule has 0 aliphatic carbocycles. The summed E-state index contributed by atoms with van der Waals surface area (Å²) in [6, 6.07) is 6.89. The predicted molar refractivity (Wildman–Crippen MR) is 124 cm³/mol. The van der Waals surface area contributed by atoms with E-state index in [1.165, 1.54) is 4.90 Å². The van der Waals surface area contributed by atoms with Gasteiger partial charge in [0.05, 0.1) is 28.2 Å². The van der Waals surface area contributed by atoms with Crippen molar-refractivity contribution in [3.63, 3.8) is 0 Å². The predicted octanol–water partition coefficient (Wildman–Crippen LogP) is 3.86. The Bertz CT molecular complexity index is 946. The van der Waals surface area contributed by atoms with E-state index in [2.05, 4.69) is 16.9 Å². The molecule has 2 aromatic rings. The first-order valence-corrected chi connectivity index (χ1v) is 11.4. The van der Waals surface area contributed by atoms with Crippen molar-refractivity contribution in [1.29, 1.82) is 0 Å². The molecule has 0 spiro atoms. The summed E-state index contributed by atoms with van der Waals surface area (Å²) in [6.07, 6.45) is 1.56. The summed E-state index contributed by atoms with van der Waals surface area (Å²) < 4.78 is 0. The molecule has 1 saturated heterocycles. The maximum atomic E-state index is 13.0. The Labute approximate surface area is 188 Å². The zero-order valence-corrected chi connectivity index (χ0v) is 19.4. The van der Waals surface area contributed by atoms with E-state index in [1.54, 1.807) is 17.4 Å². The van der Waals surface area contributed by atoms with Crippen molar-refractivity contribution < 1.29 is 14.7 Å². The van der Waals surface area contributed by atoms with E-state index in [4.69, 9.17) is 0 Å². The third kappa shape index (κ3) is 5.60. The molecule has 1 aromatic carbocycles. The van der Waals surface area contributed by atoms with Crippen molar-refractivity contribution in [3.8, 4) is 10.4 Å². The molecule has 3 atom stereocenters. The van der Waals surface area contributed by atoms with Crippen LogP contribution in [-0.4, -0.2) is 45.5 Å². The Morgan fingerprint density at radius 1 is 1.35 bits per heavy atom. The van der Waals surface area contributed by atoms with Crippen molar-refractivity contribution in [2.24, 2.45) is 5.41 Å². The quantitative estimate of drug-likeness (QED) is 0.667. The molecule has 2 heterocycles. The first kappa shape index (κ1) is 23.2. The third-order valence-corrected chi connectivity index (χ3v) is 6.37. The van der Waals surface area contributed by atoms with Crippen LogP contribution in [0.5, 0.6) is 0 Å². The topological polar surface area (TPSA) is 82.5 Å². The average molecular weight is 442 g/mol. The lowest BCUT2D eigenvalue weighted by Crippen LogP contribution is -2.47. The molecule has 2 amide bonds. The fourth-order valence-electron chi connectivity index (χ4n) is 3.84. The maximum Gasteiger partial charge on any atom is 0.243 e. The molecule has 31 heavy (non-hydrogen) atoms. The zero-order valence-electron chi connectivity index (χ0n) is 18.6. The van der Waals surface area contributed by atoms with Crippen LogP contribution in [0.3, 0.4) is 0 Å². The second-order valence-corrected chi connectivity index (χ2v) is 10.2. The van der Waals surface area contributed by atoms with Crippen molar-refractivity contribution in [3.05, 3.63) is 53.7 Å². The van der Waals surface area contributed by atoms with Crippen LogP contribution in [-0.2, 0) is 9.59 Å². The highest BCUT2D eigenvalue weighted by atomic mass is 32.1. The summed E-state index contributed by atoms with van der Waals surface area (Å²) in [5.41, 5.74) is 4.61. The number of hydrogen-bond acceptors (Lipinski definition) is 5. The Hall–Kier alpha value is -2.51. The van der Waals surface area contributed by atoms with E-state index < -0.39 is 12.1 Å². The number of nitrogens with one attached hydrogen (secondary N) is 1. The Morgan fingerprint density at radius 3 is 2.58 bits per heavy atom. The average Bonchev–Trinajstić information content (AvgIpc) is 3.30. The summed E-state index contributed by atoms with van der Waals surface area (Å²) in [4.78, 5) is 32.7. The number of carbonyl (C=O) groups excluding carboxylic acids is 2. The number of thiazole rings is 1. The van der Waals surface area contributed by atoms with Gasteiger partial charge in [-0.2, -0.15) is 0 Å². The second-order valence-electron chi connectivity index (χ2n) is 9.30. The van der Waals surface area contributed by atoms with Crippen LogP contribution in [0.2, 0.25) is 0 Å². The van der Waals surface area contributed by atoms with Gasteiger partial charge < -0.3 is 15.3 Å². The highest BCUT2D eigenvalue weighted by Gasteiger charge is 2.40. The van der Waals surface area contributed by atoms with Crippen molar-refractivity contribution in [2.75, 3.05) is 6.54 Å². The van der Waals surface area contributed by atoms with E-state index in [1.807, 2.05) is 57.5 Å². The fourth-order valence-corrected chi connectivity index (χ4v) is 4.65. The fraction of sp³-hybridized carbons (Fsp3) is 0.458. The molecule has 2 N–H and O–H groups in total. The standard InChI is InChI=1S/C24H31N3O3S/c1-6-19(16-7-9-17(10-8-16)22-15(2)25-14-31-22)26-23(30)20-11-18(28)13-27(20)21(29)12-24(3,4)5/h6-10,14,18-20,28H,1,11-13H2,2-5H3,(H,26,30)/t18-,19+,20+/m1/s1. The largest absolute Gasteiger partial charge is 0.391 e. The molecule has 0 bridgehead atoms. The van der Waals surface area contributed by atoms with E-state index in [-0.39, 0.29) is 36.2 Å². The van der Waals surface area contributed by atoms with Gasteiger partial charge in [0.25, 0.3) is 0 Å². The molecule has 1 fully saturated rings. The van der Waals surface area contributed by atoms with E-state index in [9.17, 15) is 14.7 Å². The SMILES string of the molecule is C=C[C@H](NC(=O)[C@@H]1C[C@@H](O)CN1C(=O)CC(C)(C)C)c1ccc(-c2scnc2C)cc1. The van der Waals surface area contributed by atoms with Gasteiger partial charge >= 0.3 is 0 Å². The summed E-state index contributed by atoms with van der Waals surface area (Å²) in [5, 5.41) is 13.1. The molecule has 6 nitrogen and oxygen atoms in total. The van der Waals surface area contributed by atoms with Gasteiger partial charge in [0.15, 0.2) is 0 Å². The van der Waals surface area contributed by atoms with Crippen LogP contribution in [0.1, 0.15) is 50.9 Å². The summed E-state index contributed by atoms with van der Waals surface area (Å²) >= 11 is 1.59. The molecular formula is C24H31N3O3S. The summed E-state index contributed by atoms with van der Waals surface area (Å²) in [5.74, 6) is -0.380. The Morgan fingerprint density at radius 2 is 2.03 bits per heavy atom. The van der Waals surface area contributed by atoms with Gasteiger partial charge in [0.1, 0.15) is 6.04 Å². The molecule has 1 aliphatic heterocycles. The molecule has 7 heteroatoms. The monoisotopic (exact) mass is 441 g/mol. The third-order valence-electron chi connectivity index (χ3n) is 5.39. The van der Waals surface area contributed by atoms with Gasteiger partial charge in [-0.3, -0.25) is 9.59 Å². The Kier molecular flexibility index (Phi) is 6.96. The van der Waals surface area contributed by atoms with Gasteiger partial charge in [-0.05, 0) is 23.5 Å². The highest BCUT2D eigenvalue weighted by molar-refractivity contribution is 7.13. The normalized spacial score (nSPS) is 19.8. The lowest BCUT2D eigenvalue weighted by atomic mass is 9.91. The molecule has 3 rings (SSSR count). The van der Waals surface area contributed by atoms with Crippen LogP contribution in [0, 0.1) is 12.3 Å². The lowest BCUT2D eigenvalue weighted by Gasteiger charge is -2.28. The number of benzene rings is 1. The van der Waals surface area contributed by atoms with Gasteiger partial charge in [-0.25, -0.2) is 4.98 Å². The maximum absolute atomic E-state index is 13.0. The van der Waals surface area contributed by atoms with Gasteiger partial charge in [0, 0.05) is 19.4 Å². The number of aryl methyl sites for hydroxylation is 1. The number of nitrogens with zero attached hydrogens (tertiary/aromatic N) is 2. The van der Waals surface area contributed by atoms with Gasteiger partial charge in [0.2, 0.25) is 11.8 Å². The lowest BCUT2D eigenvalue weighted by molar-refractivity contribution is -0.140. The van der Waals surface area contributed by atoms with Crippen molar-refractivity contribution >= 4 is 23.2 Å². The minimum absolute atomic E-state index is 0.108. The smallest absolute Gasteiger partial charge is 0.243 e. The first-order chi connectivity index (χ1) is 14.6.